The van der Waals surface area contributed by atoms with Crippen LogP contribution in [0.1, 0.15) is 53.2 Å². The van der Waals surface area contributed by atoms with E-state index >= 15 is 0 Å². The van der Waals surface area contributed by atoms with E-state index in [4.69, 9.17) is 4.74 Å². The van der Waals surface area contributed by atoms with Gasteiger partial charge in [0.05, 0.1) is 10.6 Å². The molecule has 1 N–H and O–H groups in total. The fourth-order valence-corrected chi connectivity index (χ4v) is 4.67. The van der Waals surface area contributed by atoms with Gasteiger partial charge in [-0.2, -0.15) is 0 Å². The van der Waals surface area contributed by atoms with Crippen LogP contribution < -0.4 is 5.32 Å². The molecule has 1 atom stereocenters. The Morgan fingerprint density at radius 2 is 1.86 bits per heavy atom. The van der Waals surface area contributed by atoms with E-state index in [-0.39, 0.29) is 11.8 Å². The number of anilines is 1. The highest BCUT2D eigenvalue weighted by Crippen LogP contribution is 2.32. The van der Waals surface area contributed by atoms with Crippen LogP contribution in [0.25, 0.3) is 9.88 Å². The summed E-state index contributed by atoms with van der Waals surface area (Å²) in [5.41, 5.74) is 3.42. The van der Waals surface area contributed by atoms with Gasteiger partial charge in [-0.3, -0.25) is 4.79 Å². The molecule has 0 spiro atoms. The average molecular weight is 429 g/mol. The van der Waals surface area contributed by atoms with Crippen LogP contribution in [0.3, 0.4) is 0 Å². The maximum absolute atomic E-state index is 12.7. The Morgan fingerprint density at radius 3 is 2.52 bits per heavy atom. The summed E-state index contributed by atoms with van der Waals surface area (Å²) < 4.78 is 5.44. The van der Waals surface area contributed by atoms with Crippen molar-refractivity contribution in [2.45, 2.75) is 46.6 Å². The molecule has 0 bridgehead atoms. The number of amides is 1. The van der Waals surface area contributed by atoms with Crippen molar-refractivity contribution in [1.82, 2.24) is 4.98 Å². The SMILES string of the molecule is Cc1cccc(C(C)C)c1NC(=O)C(C)OC(=O)c1sc(-c2cccs2)nc1C. The molecular formula is C22H24N2O3S2. The van der Waals surface area contributed by atoms with Crippen LogP contribution >= 0.6 is 22.7 Å². The highest BCUT2D eigenvalue weighted by Gasteiger charge is 2.24. The van der Waals surface area contributed by atoms with Gasteiger partial charge in [0, 0.05) is 5.69 Å². The number of hydrogen-bond acceptors (Lipinski definition) is 6. The fourth-order valence-electron chi connectivity index (χ4n) is 2.93. The largest absolute Gasteiger partial charge is 0.448 e. The minimum atomic E-state index is -0.922. The molecule has 3 aromatic rings. The van der Waals surface area contributed by atoms with Crippen LogP contribution in [0, 0.1) is 13.8 Å². The maximum Gasteiger partial charge on any atom is 0.351 e. The standard InChI is InChI=1S/C22H24N2O3S2/c1-12(2)16-9-6-8-13(3)18(16)24-20(25)15(5)27-22(26)19-14(4)23-21(29-19)17-10-7-11-28-17/h6-12,15H,1-5H3,(H,24,25). The first-order valence-electron chi connectivity index (χ1n) is 9.40. The molecule has 2 heterocycles. The van der Waals surface area contributed by atoms with Gasteiger partial charge in [0.1, 0.15) is 9.88 Å². The zero-order chi connectivity index (χ0) is 21.1. The second-order valence-corrected chi connectivity index (χ2v) is 9.09. The van der Waals surface area contributed by atoms with Crippen LogP contribution in [-0.2, 0) is 9.53 Å². The number of ether oxygens (including phenoxy) is 1. The Balaban J connectivity index is 1.72. The highest BCUT2D eigenvalue weighted by atomic mass is 32.1. The van der Waals surface area contributed by atoms with Crippen LogP contribution in [0.15, 0.2) is 35.7 Å². The van der Waals surface area contributed by atoms with Gasteiger partial charge in [-0.05, 0) is 49.3 Å². The first-order chi connectivity index (χ1) is 13.8. The number of rotatable bonds is 6. The minimum absolute atomic E-state index is 0.263. The first kappa shape index (κ1) is 21.2. The summed E-state index contributed by atoms with van der Waals surface area (Å²) in [4.78, 5) is 31.2. The number of esters is 1. The molecule has 0 aliphatic rings. The third-order valence-corrected chi connectivity index (χ3v) is 6.72. The Morgan fingerprint density at radius 1 is 1.10 bits per heavy atom. The number of nitrogens with one attached hydrogen (secondary N) is 1. The van der Waals surface area contributed by atoms with Crippen molar-refractivity contribution >= 4 is 40.2 Å². The van der Waals surface area contributed by atoms with Gasteiger partial charge in [-0.25, -0.2) is 9.78 Å². The van der Waals surface area contributed by atoms with E-state index in [0.29, 0.717) is 10.6 Å². The predicted molar refractivity (Wildman–Crippen MR) is 119 cm³/mol. The zero-order valence-electron chi connectivity index (χ0n) is 17.1. The summed E-state index contributed by atoms with van der Waals surface area (Å²) in [6, 6.07) is 9.82. The van der Waals surface area contributed by atoms with Crippen LogP contribution in [0.2, 0.25) is 0 Å². The molecule has 1 aromatic carbocycles. The number of hydrogen-bond donors (Lipinski definition) is 1. The third-order valence-electron chi connectivity index (χ3n) is 4.54. The lowest BCUT2D eigenvalue weighted by molar-refractivity contribution is -0.123. The van der Waals surface area contributed by atoms with E-state index in [0.717, 1.165) is 26.7 Å². The molecule has 7 heteroatoms. The van der Waals surface area contributed by atoms with E-state index in [1.807, 2.05) is 42.6 Å². The molecule has 0 radical (unpaired) electrons. The van der Waals surface area contributed by atoms with Crippen molar-refractivity contribution in [3.05, 3.63) is 57.4 Å². The molecule has 0 saturated carbocycles. The molecule has 3 rings (SSSR count). The normalized spacial score (nSPS) is 12.1. The summed E-state index contributed by atoms with van der Waals surface area (Å²) >= 11 is 2.85. The Hall–Kier alpha value is -2.51. The molecule has 0 fully saturated rings. The van der Waals surface area contributed by atoms with Crippen LogP contribution in [-0.4, -0.2) is 23.0 Å². The quantitative estimate of drug-likeness (QED) is 0.504. The fraction of sp³-hybridized carbons (Fsp3) is 0.318. The van der Waals surface area contributed by atoms with E-state index in [2.05, 4.69) is 24.1 Å². The van der Waals surface area contributed by atoms with Crippen molar-refractivity contribution in [2.24, 2.45) is 0 Å². The summed E-state index contributed by atoms with van der Waals surface area (Å²) in [5.74, 6) is -0.618. The molecule has 152 valence electrons. The maximum atomic E-state index is 12.7. The molecular weight excluding hydrogens is 404 g/mol. The molecule has 0 saturated heterocycles. The predicted octanol–water partition coefficient (Wildman–Crippen LogP) is 5.80. The summed E-state index contributed by atoms with van der Waals surface area (Å²) in [7, 11) is 0. The zero-order valence-corrected chi connectivity index (χ0v) is 18.7. The Labute approximate surface area is 178 Å². The van der Waals surface area contributed by atoms with E-state index in [1.54, 1.807) is 25.2 Å². The number of carbonyl (C=O) groups is 2. The second kappa shape index (κ2) is 8.88. The van der Waals surface area contributed by atoms with Crippen molar-refractivity contribution in [2.75, 3.05) is 5.32 Å². The molecule has 0 aliphatic carbocycles. The number of thiazole rings is 1. The average Bonchev–Trinajstić information content (AvgIpc) is 3.32. The summed E-state index contributed by atoms with van der Waals surface area (Å²) in [5, 5.41) is 5.68. The summed E-state index contributed by atoms with van der Waals surface area (Å²) in [6.07, 6.45) is -0.922. The number of thiophene rings is 1. The number of benzene rings is 1. The summed E-state index contributed by atoms with van der Waals surface area (Å²) in [6.45, 7) is 9.45. The Kier molecular flexibility index (Phi) is 6.49. The van der Waals surface area contributed by atoms with Crippen LogP contribution in [0.5, 0.6) is 0 Å². The number of carbonyl (C=O) groups excluding carboxylic acids is 2. The first-order valence-corrected chi connectivity index (χ1v) is 11.1. The number of nitrogens with zero attached hydrogens (tertiary/aromatic N) is 1. The van der Waals surface area contributed by atoms with Crippen molar-refractivity contribution in [3.8, 4) is 9.88 Å². The number of aryl methyl sites for hydroxylation is 2. The number of para-hydroxylation sites is 1. The topological polar surface area (TPSA) is 68.3 Å². The van der Waals surface area contributed by atoms with Crippen molar-refractivity contribution < 1.29 is 14.3 Å². The van der Waals surface area contributed by atoms with E-state index in [1.165, 1.54) is 11.3 Å². The smallest absolute Gasteiger partial charge is 0.351 e. The third kappa shape index (κ3) is 4.74. The molecule has 0 aliphatic heterocycles. The van der Waals surface area contributed by atoms with E-state index in [9.17, 15) is 9.59 Å². The molecule has 29 heavy (non-hydrogen) atoms. The van der Waals surface area contributed by atoms with Crippen molar-refractivity contribution in [3.63, 3.8) is 0 Å². The highest BCUT2D eigenvalue weighted by molar-refractivity contribution is 7.22. The van der Waals surface area contributed by atoms with Gasteiger partial charge in [0.25, 0.3) is 5.91 Å². The Bertz CT molecular complexity index is 1020. The molecule has 1 amide bonds. The lowest BCUT2D eigenvalue weighted by atomic mass is 9.98. The molecule has 5 nitrogen and oxygen atoms in total. The lowest BCUT2D eigenvalue weighted by Crippen LogP contribution is -2.30. The lowest BCUT2D eigenvalue weighted by Gasteiger charge is -2.19. The van der Waals surface area contributed by atoms with Gasteiger partial charge in [-0.1, -0.05) is 38.1 Å². The van der Waals surface area contributed by atoms with E-state index < -0.39 is 12.1 Å². The molecule has 2 aromatic heterocycles. The van der Waals surface area contributed by atoms with Gasteiger partial charge in [-0.15, -0.1) is 22.7 Å². The van der Waals surface area contributed by atoms with Gasteiger partial charge < -0.3 is 10.1 Å². The van der Waals surface area contributed by atoms with Gasteiger partial charge >= 0.3 is 5.97 Å². The minimum Gasteiger partial charge on any atom is -0.448 e. The second-order valence-electron chi connectivity index (χ2n) is 7.14. The number of aromatic nitrogens is 1. The molecule has 1 unspecified atom stereocenters. The van der Waals surface area contributed by atoms with Crippen molar-refractivity contribution in [1.29, 1.82) is 0 Å². The monoisotopic (exact) mass is 428 g/mol. The van der Waals surface area contributed by atoms with Crippen LogP contribution in [0.4, 0.5) is 5.69 Å². The van der Waals surface area contributed by atoms with Gasteiger partial charge in [0.2, 0.25) is 0 Å². The van der Waals surface area contributed by atoms with Gasteiger partial charge in [0.15, 0.2) is 6.10 Å².